The lowest BCUT2D eigenvalue weighted by Gasteiger charge is -2.26. The molecule has 1 aromatic carbocycles. The fourth-order valence-electron chi connectivity index (χ4n) is 4.93. The number of hydrogen-bond donors (Lipinski definition) is 2. The second-order valence-corrected chi connectivity index (χ2v) is 9.23. The molecule has 3 N–H and O–H groups in total. The fraction of sp³-hybridized carbons (Fsp3) is 0.545. The summed E-state index contributed by atoms with van der Waals surface area (Å²) >= 11 is 0. The standard InChI is InChI=1S/C22H21F9N4O2/c1-8-16-14(19(36)33-20(37)35(16)10-2-3-10)13(18(24)25)15(23)17(8)34-5-4-9(7-34)11(32)6-12(21(26,27)28)22(29,30)31/h6,9-11,18H,2-5,7,32H2,1H3,(H,33,36,37). The van der Waals surface area contributed by atoms with E-state index in [0.29, 0.717) is 12.8 Å². The summed E-state index contributed by atoms with van der Waals surface area (Å²) in [5.74, 6) is -2.46. The number of anilines is 1. The maximum Gasteiger partial charge on any atom is 0.421 e. The minimum atomic E-state index is -5.71. The largest absolute Gasteiger partial charge is 0.421 e. The number of H-pyrrole nitrogens is 1. The van der Waals surface area contributed by atoms with Crippen LogP contribution in [0.15, 0.2) is 21.2 Å². The minimum absolute atomic E-state index is 0.0250. The quantitative estimate of drug-likeness (QED) is 0.426. The van der Waals surface area contributed by atoms with Crippen molar-refractivity contribution >= 4 is 16.6 Å². The van der Waals surface area contributed by atoms with Gasteiger partial charge >= 0.3 is 18.0 Å². The van der Waals surface area contributed by atoms with Gasteiger partial charge in [0.15, 0.2) is 5.82 Å². The number of aromatic nitrogens is 2. The first kappa shape index (κ1) is 27.1. The third-order valence-corrected chi connectivity index (χ3v) is 6.75. The van der Waals surface area contributed by atoms with Gasteiger partial charge in [0.1, 0.15) is 5.57 Å². The van der Waals surface area contributed by atoms with Crippen LogP contribution in [-0.4, -0.2) is 41.0 Å². The predicted octanol–water partition coefficient (Wildman–Crippen LogP) is 4.61. The van der Waals surface area contributed by atoms with Gasteiger partial charge < -0.3 is 10.6 Å². The Balaban J connectivity index is 1.81. The van der Waals surface area contributed by atoms with Crippen molar-refractivity contribution in [2.75, 3.05) is 18.0 Å². The van der Waals surface area contributed by atoms with Crippen LogP contribution in [0, 0.1) is 18.7 Å². The van der Waals surface area contributed by atoms with Crippen molar-refractivity contribution in [3.63, 3.8) is 0 Å². The molecule has 1 saturated heterocycles. The SMILES string of the molecule is Cc1c(N2CCC(C(N)C=C(C(F)(F)F)C(F)(F)F)C2)c(F)c(C(F)F)c2c(=O)[nH]c(=O)n(C3CC3)c12. The molecule has 2 fully saturated rings. The summed E-state index contributed by atoms with van der Waals surface area (Å²) in [4.78, 5) is 28.1. The van der Waals surface area contributed by atoms with Gasteiger partial charge in [-0.2, -0.15) is 26.3 Å². The first-order valence-electron chi connectivity index (χ1n) is 11.2. The number of halogens is 9. The number of hydrogen-bond acceptors (Lipinski definition) is 4. The Labute approximate surface area is 202 Å². The van der Waals surface area contributed by atoms with Crippen molar-refractivity contribution in [3.8, 4) is 0 Å². The van der Waals surface area contributed by atoms with E-state index in [1.54, 1.807) is 0 Å². The highest BCUT2D eigenvalue weighted by Gasteiger charge is 2.51. The van der Waals surface area contributed by atoms with Crippen molar-refractivity contribution < 1.29 is 39.5 Å². The fourth-order valence-corrected chi connectivity index (χ4v) is 4.93. The normalized spacial score (nSPS) is 19.7. The number of nitrogens with zero attached hydrogens (tertiary/aromatic N) is 2. The van der Waals surface area contributed by atoms with Crippen molar-refractivity contribution in [2.45, 2.75) is 57.0 Å². The molecule has 1 saturated carbocycles. The molecule has 2 unspecified atom stereocenters. The van der Waals surface area contributed by atoms with Gasteiger partial charge in [-0.1, -0.05) is 6.08 Å². The second kappa shape index (κ2) is 9.10. The molecule has 0 spiro atoms. The molecule has 1 aliphatic carbocycles. The molecular weight excluding hydrogens is 523 g/mol. The van der Waals surface area contributed by atoms with E-state index >= 15 is 4.39 Å². The van der Waals surface area contributed by atoms with E-state index in [9.17, 15) is 44.7 Å². The molecule has 1 aromatic heterocycles. The first-order chi connectivity index (χ1) is 17.0. The van der Waals surface area contributed by atoms with Gasteiger partial charge in [0, 0.05) is 30.7 Å². The smallest absolute Gasteiger partial charge is 0.369 e. The Morgan fingerprint density at radius 1 is 1.08 bits per heavy atom. The zero-order valence-electron chi connectivity index (χ0n) is 19.1. The summed E-state index contributed by atoms with van der Waals surface area (Å²) in [5.41, 5.74) is -1.03. The number of rotatable bonds is 5. The summed E-state index contributed by atoms with van der Waals surface area (Å²) in [5, 5.41) is -0.685. The average molecular weight is 544 g/mol. The van der Waals surface area contributed by atoms with Gasteiger partial charge in [-0.15, -0.1) is 0 Å². The summed E-state index contributed by atoms with van der Waals surface area (Å²) < 4.78 is 122. The summed E-state index contributed by atoms with van der Waals surface area (Å²) in [6, 6.07) is -2.13. The molecule has 0 amide bonds. The molecule has 2 aromatic rings. The number of nitrogens with one attached hydrogen (secondary N) is 1. The topological polar surface area (TPSA) is 84.1 Å². The van der Waals surface area contributed by atoms with Crippen molar-refractivity contribution in [3.05, 3.63) is 49.4 Å². The molecule has 2 heterocycles. The van der Waals surface area contributed by atoms with E-state index < -0.39 is 76.1 Å². The van der Waals surface area contributed by atoms with Crippen LogP contribution in [0.2, 0.25) is 0 Å². The van der Waals surface area contributed by atoms with Crippen LogP contribution >= 0.6 is 0 Å². The molecule has 0 bridgehead atoms. The molecule has 1 aliphatic heterocycles. The van der Waals surface area contributed by atoms with Crippen LogP contribution in [0.5, 0.6) is 0 Å². The molecule has 6 nitrogen and oxygen atoms in total. The Kier molecular flexibility index (Phi) is 6.66. The van der Waals surface area contributed by atoms with E-state index in [1.165, 1.54) is 11.8 Å². The van der Waals surface area contributed by atoms with Crippen LogP contribution in [0.3, 0.4) is 0 Å². The molecule has 4 rings (SSSR count). The number of fused-ring (bicyclic) bond motifs is 1. The van der Waals surface area contributed by atoms with Crippen LogP contribution in [0.1, 0.15) is 42.9 Å². The lowest BCUT2D eigenvalue weighted by Crippen LogP contribution is -2.35. The van der Waals surface area contributed by atoms with Gasteiger partial charge in [0.05, 0.1) is 22.2 Å². The van der Waals surface area contributed by atoms with E-state index in [0.717, 1.165) is 4.57 Å². The van der Waals surface area contributed by atoms with Crippen molar-refractivity contribution in [2.24, 2.45) is 11.7 Å². The van der Waals surface area contributed by atoms with E-state index in [4.69, 9.17) is 5.73 Å². The maximum atomic E-state index is 15.5. The summed E-state index contributed by atoms with van der Waals surface area (Å²) in [6.07, 6.45) is -14.0. The highest BCUT2D eigenvalue weighted by atomic mass is 19.4. The molecule has 15 heteroatoms. The number of aryl methyl sites for hydroxylation is 1. The zero-order valence-corrected chi connectivity index (χ0v) is 19.1. The Hall–Kier alpha value is -2.97. The molecule has 2 atom stereocenters. The van der Waals surface area contributed by atoms with E-state index in [-0.39, 0.29) is 36.7 Å². The number of alkyl halides is 8. The maximum absolute atomic E-state index is 15.5. The molecule has 0 radical (unpaired) electrons. The van der Waals surface area contributed by atoms with Crippen LogP contribution in [0.4, 0.5) is 45.2 Å². The summed E-state index contributed by atoms with van der Waals surface area (Å²) in [7, 11) is 0. The Morgan fingerprint density at radius 3 is 2.19 bits per heavy atom. The minimum Gasteiger partial charge on any atom is -0.369 e. The monoisotopic (exact) mass is 544 g/mol. The van der Waals surface area contributed by atoms with Crippen LogP contribution in [0.25, 0.3) is 10.9 Å². The first-order valence-corrected chi connectivity index (χ1v) is 11.2. The Morgan fingerprint density at radius 2 is 1.68 bits per heavy atom. The average Bonchev–Trinajstić information content (AvgIpc) is 3.47. The van der Waals surface area contributed by atoms with Crippen LogP contribution < -0.4 is 21.9 Å². The number of aromatic amines is 1. The van der Waals surface area contributed by atoms with E-state index in [2.05, 4.69) is 0 Å². The van der Waals surface area contributed by atoms with Gasteiger partial charge in [-0.05, 0) is 32.1 Å². The molecular formula is C22H21F9N4O2. The third-order valence-electron chi connectivity index (χ3n) is 6.75. The summed E-state index contributed by atoms with van der Waals surface area (Å²) in [6.45, 7) is 0.845. The van der Waals surface area contributed by atoms with Crippen molar-refractivity contribution in [1.82, 2.24) is 9.55 Å². The lowest BCUT2D eigenvalue weighted by atomic mass is 9.97. The number of nitrogens with two attached hydrogens (primary N) is 1. The second-order valence-electron chi connectivity index (χ2n) is 9.23. The molecule has 2 aliphatic rings. The predicted molar refractivity (Wildman–Crippen MR) is 115 cm³/mol. The van der Waals surface area contributed by atoms with Gasteiger partial charge in [-0.25, -0.2) is 18.0 Å². The van der Waals surface area contributed by atoms with Crippen LogP contribution in [-0.2, 0) is 0 Å². The van der Waals surface area contributed by atoms with Gasteiger partial charge in [0.25, 0.3) is 12.0 Å². The molecule has 37 heavy (non-hydrogen) atoms. The van der Waals surface area contributed by atoms with Gasteiger partial charge in [0.2, 0.25) is 0 Å². The highest BCUT2D eigenvalue weighted by molar-refractivity contribution is 5.90. The van der Waals surface area contributed by atoms with E-state index in [1.807, 2.05) is 4.98 Å². The Bertz CT molecular complexity index is 1350. The number of allylic oxidation sites excluding steroid dienone is 1. The zero-order chi connectivity index (χ0) is 27.6. The lowest BCUT2D eigenvalue weighted by molar-refractivity contribution is -0.172. The van der Waals surface area contributed by atoms with Crippen molar-refractivity contribution in [1.29, 1.82) is 0 Å². The molecule has 204 valence electrons. The highest BCUT2D eigenvalue weighted by Crippen LogP contribution is 2.44. The third kappa shape index (κ3) is 4.84. The van der Waals surface area contributed by atoms with Gasteiger partial charge in [-0.3, -0.25) is 14.3 Å². The number of benzene rings is 1.